The van der Waals surface area contributed by atoms with E-state index in [4.69, 9.17) is 0 Å². The van der Waals surface area contributed by atoms with Gasteiger partial charge in [-0.05, 0) is 24.4 Å². The van der Waals surface area contributed by atoms with E-state index in [0.717, 1.165) is 0 Å². The van der Waals surface area contributed by atoms with E-state index in [1.54, 1.807) is 24.4 Å². The zero-order valence-electron chi connectivity index (χ0n) is 8.48. The number of nitro groups is 1. The summed E-state index contributed by atoms with van der Waals surface area (Å²) in [5, 5.41) is 10.8. The predicted octanol–water partition coefficient (Wildman–Crippen LogP) is 2.89. The minimum atomic E-state index is -0.389. The third kappa shape index (κ3) is 3.36. The van der Waals surface area contributed by atoms with Crippen molar-refractivity contribution >= 4 is 27.7 Å². The van der Waals surface area contributed by atoms with Crippen molar-refractivity contribution in [1.29, 1.82) is 0 Å². The lowest BCUT2D eigenvalue weighted by Gasteiger charge is -2.03. The first-order valence-electron chi connectivity index (χ1n) is 4.29. The number of nitrogens with zero attached hydrogens (tertiary/aromatic N) is 2. The molecule has 0 radical (unpaired) electrons. The lowest BCUT2D eigenvalue weighted by Crippen LogP contribution is -2.00. The first kappa shape index (κ1) is 11.7. The molecule has 80 valence electrons. The van der Waals surface area contributed by atoms with Crippen LogP contribution in [0.2, 0.25) is 0 Å². The average Bonchev–Trinajstić information content (AvgIpc) is 2.15. The van der Waals surface area contributed by atoms with Gasteiger partial charge >= 0.3 is 0 Å². The van der Waals surface area contributed by atoms with Crippen LogP contribution in [0.15, 0.2) is 28.9 Å². The molecule has 1 aromatic rings. The van der Waals surface area contributed by atoms with Crippen molar-refractivity contribution < 1.29 is 4.92 Å². The molecule has 0 unspecified atom stereocenters. The van der Waals surface area contributed by atoms with Gasteiger partial charge in [0.05, 0.1) is 10.5 Å². The molecular formula is C10H11BrN2O2. The Balaban J connectivity index is 3.12. The lowest BCUT2D eigenvalue weighted by molar-refractivity contribution is -0.385. The molecule has 0 spiro atoms. The summed E-state index contributed by atoms with van der Waals surface area (Å²) in [7, 11) is 3.72. The molecule has 0 aliphatic rings. The fourth-order valence-electron chi connectivity index (χ4n) is 1.05. The number of hydrogen-bond donors (Lipinski definition) is 0. The van der Waals surface area contributed by atoms with Crippen LogP contribution >= 0.6 is 15.9 Å². The number of hydrogen-bond acceptors (Lipinski definition) is 3. The molecule has 0 amide bonds. The molecule has 5 heteroatoms. The topological polar surface area (TPSA) is 46.4 Å². The smallest absolute Gasteiger partial charge is 0.277 e. The van der Waals surface area contributed by atoms with Crippen molar-refractivity contribution in [2.75, 3.05) is 14.1 Å². The summed E-state index contributed by atoms with van der Waals surface area (Å²) in [6.45, 7) is 0. The monoisotopic (exact) mass is 270 g/mol. The van der Waals surface area contributed by atoms with E-state index in [1.165, 1.54) is 6.07 Å². The molecule has 0 atom stereocenters. The Hall–Kier alpha value is -1.36. The summed E-state index contributed by atoms with van der Waals surface area (Å²) in [6, 6.07) is 4.99. The highest BCUT2D eigenvalue weighted by Gasteiger charge is 2.11. The molecule has 0 N–H and O–H groups in total. The van der Waals surface area contributed by atoms with Crippen LogP contribution in [-0.2, 0) is 0 Å². The van der Waals surface area contributed by atoms with Crippen LogP contribution in [0.3, 0.4) is 0 Å². The van der Waals surface area contributed by atoms with Crippen molar-refractivity contribution in [3.8, 4) is 0 Å². The van der Waals surface area contributed by atoms with Crippen LogP contribution in [-0.4, -0.2) is 23.9 Å². The van der Waals surface area contributed by atoms with Gasteiger partial charge in [0.15, 0.2) is 0 Å². The second kappa shape index (κ2) is 4.93. The largest absolute Gasteiger partial charge is 0.383 e. The van der Waals surface area contributed by atoms with Gasteiger partial charge < -0.3 is 4.90 Å². The predicted molar refractivity (Wildman–Crippen MR) is 63.5 cm³/mol. The maximum absolute atomic E-state index is 10.8. The molecular weight excluding hydrogens is 260 g/mol. The van der Waals surface area contributed by atoms with Gasteiger partial charge in [-0.3, -0.25) is 10.1 Å². The van der Waals surface area contributed by atoms with Crippen molar-refractivity contribution in [3.05, 3.63) is 44.5 Å². The van der Waals surface area contributed by atoms with Gasteiger partial charge in [0.25, 0.3) is 5.69 Å². The Morgan fingerprint density at radius 3 is 2.67 bits per heavy atom. The average molecular weight is 271 g/mol. The SMILES string of the molecule is CN(C)C=Cc1ccc(Br)cc1[N+](=O)[O-]. The molecule has 0 aliphatic carbocycles. The summed E-state index contributed by atoms with van der Waals surface area (Å²) < 4.78 is 0.705. The first-order valence-corrected chi connectivity index (χ1v) is 5.08. The van der Waals surface area contributed by atoms with Gasteiger partial charge in [-0.25, -0.2) is 0 Å². The number of benzene rings is 1. The minimum Gasteiger partial charge on any atom is -0.383 e. The van der Waals surface area contributed by atoms with Crippen molar-refractivity contribution in [3.63, 3.8) is 0 Å². The second-order valence-electron chi connectivity index (χ2n) is 3.24. The normalized spacial score (nSPS) is 10.6. The summed E-state index contributed by atoms with van der Waals surface area (Å²) in [6.07, 6.45) is 3.49. The lowest BCUT2D eigenvalue weighted by atomic mass is 10.2. The number of nitro benzene ring substituents is 1. The minimum absolute atomic E-state index is 0.0995. The highest BCUT2D eigenvalue weighted by Crippen LogP contribution is 2.24. The van der Waals surface area contributed by atoms with Crippen LogP contribution in [0, 0.1) is 10.1 Å². The van der Waals surface area contributed by atoms with Gasteiger partial charge in [0, 0.05) is 24.6 Å². The van der Waals surface area contributed by atoms with E-state index in [-0.39, 0.29) is 10.6 Å². The summed E-state index contributed by atoms with van der Waals surface area (Å²) in [5.41, 5.74) is 0.694. The molecule has 0 aromatic heterocycles. The Bertz CT molecular complexity index is 402. The van der Waals surface area contributed by atoms with E-state index in [9.17, 15) is 10.1 Å². The first-order chi connectivity index (χ1) is 7.00. The van der Waals surface area contributed by atoms with Crippen LogP contribution in [0.1, 0.15) is 5.56 Å². The van der Waals surface area contributed by atoms with Crippen LogP contribution in [0.5, 0.6) is 0 Å². The highest BCUT2D eigenvalue weighted by molar-refractivity contribution is 9.10. The maximum atomic E-state index is 10.8. The van der Waals surface area contributed by atoms with Crippen molar-refractivity contribution in [1.82, 2.24) is 4.90 Å². The van der Waals surface area contributed by atoms with E-state index in [0.29, 0.717) is 10.0 Å². The van der Waals surface area contributed by atoms with Gasteiger partial charge in [0.1, 0.15) is 0 Å². The summed E-state index contributed by atoms with van der Waals surface area (Å²) in [5.74, 6) is 0. The van der Waals surface area contributed by atoms with Crippen LogP contribution in [0.4, 0.5) is 5.69 Å². The fourth-order valence-corrected chi connectivity index (χ4v) is 1.39. The Morgan fingerprint density at radius 2 is 2.13 bits per heavy atom. The molecule has 4 nitrogen and oxygen atoms in total. The van der Waals surface area contributed by atoms with Gasteiger partial charge in [-0.15, -0.1) is 0 Å². The zero-order chi connectivity index (χ0) is 11.4. The van der Waals surface area contributed by atoms with E-state index in [2.05, 4.69) is 15.9 Å². The summed E-state index contributed by atoms with van der Waals surface area (Å²) in [4.78, 5) is 12.2. The quantitative estimate of drug-likeness (QED) is 0.627. The number of rotatable bonds is 3. The second-order valence-corrected chi connectivity index (χ2v) is 4.16. The van der Waals surface area contributed by atoms with Crippen molar-refractivity contribution in [2.45, 2.75) is 0 Å². The standard InChI is InChI=1S/C10H11BrN2O2/c1-12(2)6-5-8-3-4-9(11)7-10(8)13(14)15/h3-7H,1-2H3. The van der Waals surface area contributed by atoms with Crippen LogP contribution in [0.25, 0.3) is 6.08 Å². The maximum Gasteiger partial charge on any atom is 0.277 e. The molecule has 0 fully saturated rings. The van der Waals surface area contributed by atoms with Gasteiger partial charge in [-0.1, -0.05) is 15.9 Å². The summed E-state index contributed by atoms with van der Waals surface area (Å²) >= 11 is 3.21. The Morgan fingerprint density at radius 1 is 1.47 bits per heavy atom. The van der Waals surface area contributed by atoms with Gasteiger partial charge in [-0.2, -0.15) is 0 Å². The molecule has 0 bridgehead atoms. The third-order valence-electron chi connectivity index (χ3n) is 1.74. The zero-order valence-corrected chi connectivity index (χ0v) is 10.1. The Kier molecular flexibility index (Phi) is 3.85. The molecule has 0 saturated carbocycles. The highest BCUT2D eigenvalue weighted by atomic mass is 79.9. The molecule has 0 aliphatic heterocycles. The molecule has 15 heavy (non-hydrogen) atoms. The van der Waals surface area contributed by atoms with Crippen molar-refractivity contribution in [2.24, 2.45) is 0 Å². The van der Waals surface area contributed by atoms with E-state index in [1.807, 2.05) is 19.0 Å². The molecule has 0 heterocycles. The number of halogens is 1. The fraction of sp³-hybridized carbons (Fsp3) is 0.200. The Labute approximate surface area is 96.5 Å². The third-order valence-corrected chi connectivity index (χ3v) is 2.23. The molecule has 0 saturated heterocycles. The molecule has 1 rings (SSSR count). The van der Waals surface area contributed by atoms with Crippen LogP contribution < -0.4 is 0 Å². The van der Waals surface area contributed by atoms with E-state index < -0.39 is 0 Å². The van der Waals surface area contributed by atoms with Gasteiger partial charge in [0.2, 0.25) is 0 Å². The van der Waals surface area contributed by atoms with E-state index >= 15 is 0 Å². The molecule has 1 aromatic carbocycles.